The lowest BCUT2D eigenvalue weighted by Gasteiger charge is -2.43. The summed E-state index contributed by atoms with van der Waals surface area (Å²) in [4.78, 5) is 37.2. The Morgan fingerprint density at radius 1 is 0.714 bits per heavy atom. The first-order valence-corrected chi connectivity index (χ1v) is 10.1. The zero-order valence-corrected chi connectivity index (χ0v) is 15.8. The van der Waals surface area contributed by atoms with Gasteiger partial charge in [-0.15, -0.1) is 0 Å². The number of ether oxygens (including phenoxy) is 4. The smallest absolute Gasteiger partial charge is 0.327 e. The number of hydrogen-bond donors (Lipinski definition) is 1. The van der Waals surface area contributed by atoms with Gasteiger partial charge in [-0.05, 0) is 25.7 Å². The van der Waals surface area contributed by atoms with Crippen LogP contribution in [0.2, 0.25) is 0 Å². The van der Waals surface area contributed by atoms with Gasteiger partial charge >= 0.3 is 17.9 Å². The Balaban J connectivity index is 1.42. The molecule has 2 spiro atoms. The third kappa shape index (κ3) is 3.67. The number of carbonyl (C=O) groups excluding carboxylic acids is 3. The molecule has 28 heavy (non-hydrogen) atoms. The molecule has 2 unspecified atom stereocenters. The van der Waals surface area contributed by atoms with E-state index >= 15 is 0 Å². The maximum atomic E-state index is 12.4. The van der Waals surface area contributed by atoms with Crippen molar-refractivity contribution in [2.75, 3.05) is 0 Å². The molecule has 4 rings (SSSR count). The molecule has 2 saturated carbocycles. The quantitative estimate of drug-likeness (QED) is 0.431. The molecule has 0 aromatic carbocycles. The van der Waals surface area contributed by atoms with Gasteiger partial charge < -0.3 is 24.1 Å². The molecule has 154 valence electrons. The minimum atomic E-state index is -1.39. The van der Waals surface area contributed by atoms with Crippen LogP contribution in [0.4, 0.5) is 0 Å². The molecule has 0 amide bonds. The van der Waals surface area contributed by atoms with Crippen LogP contribution in [-0.2, 0) is 33.3 Å². The predicted molar refractivity (Wildman–Crippen MR) is 93.1 cm³/mol. The van der Waals surface area contributed by atoms with Crippen LogP contribution in [0.25, 0.3) is 0 Å². The molecule has 8 nitrogen and oxygen atoms in total. The minimum absolute atomic E-state index is 0.504. The molecule has 2 atom stereocenters. The number of carbonyl (C=O) groups is 3. The molecule has 0 radical (unpaired) electrons. The first-order chi connectivity index (χ1) is 13.4. The van der Waals surface area contributed by atoms with Gasteiger partial charge in [-0.1, -0.05) is 25.0 Å². The third-order valence-corrected chi connectivity index (χ3v) is 6.02. The second-order valence-electron chi connectivity index (χ2n) is 8.10. The standard InChI is InChI=1S/C20H26O8/c21-15-13(16(22)26-19(25-15)9-3-1-4-10-19)7-8-14-17(23)27-20(28-18(14)24)11-5-2-6-12-20/h7-8,13-15,21H,1-6,9-12H2. The number of hydrogen-bond acceptors (Lipinski definition) is 8. The third-order valence-electron chi connectivity index (χ3n) is 6.02. The summed E-state index contributed by atoms with van der Waals surface area (Å²) in [7, 11) is 0. The molecule has 0 aromatic heterocycles. The van der Waals surface area contributed by atoms with Gasteiger partial charge in [0.05, 0.1) is 0 Å². The van der Waals surface area contributed by atoms with E-state index in [1.165, 1.54) is 12.2 Å². The average Bonchev–Trinajstić information content (AvgIpc) is 2.64. The van der Waals surface area contributed by atoms with E-state index < -0.39 is 47.6 Å². The van der Waals surface area contributed by atoms with Crippen LogP contribution in [0.15, 0.2) is 12.2 Å². The fourth-order valence-electron chi connectivity index (χ4n) is 4.46. The van der Waals surface area contributed by atoms with Crippen LogP contribution in [0.3, 0.4) is 0 Å². The highest BCUT2D eigenvalue weighted by Crippen LogP contribution is 2.40. The van der Waals surface area contributed by atoms with Crippen molar-refractivity contribution in [1.82, 2.24) is 0 Å². The first-order valence-electron chi connectivity index (χ1n) is 10.1. The van der Waals surface area contributed by atoms with Crippen molar-refractivity contribution in [2.24, 2.45) is 11.8 Å². The van der Waals surface area contributed by atoms with E-state index in [2.05, 4.69) is 0 Å². The van der Waals surface area contributed by atoms with Crippen molar-refractivity contribution in [2.45, 2.75) is 82.1 Å². The van der Waals surface area contributed by atoms with E-state index in [0.29, 0.717) is 25.7 Å². The molecular formula is C20H26O8. The minimum Gasteiger partial charge on any atom is -0.432 e. The molecule has 2 aliphatic carbocycles. The first kappa shape index (κ1) is 19.4. The fraction of sp³-hybridized carbons (Fsp3) is 0.750. The average molecular weight is 394 g/mol. The highest BCUT2D eigenvalue weighted by atomic mass is 16.8. The van der Waals surface area contributed by atoms with Gasteiger partial charge in [0.15, 0.2) is 12.2 Å². The molecule has 1 N–H and O–H groups in total. The van der Waals surface area contributed by atoms with Crippen LogP contribution < -0.4 is 0 Å². The summed E-state index contributed by atoms with van der Waals surface area (Å²) in [5.74, 6) is -6.60. The van der Waals surface area contributed by atoms with E-state index in [4.69, 9.17) is 18.9 Å². The highest BCUT2D eigenvalue weighted by molar-refractivity contribution is 5.98. The number of rotatable bonds is 2. The molecule has 4 aliphatic rings. The highest BCUT2D eigenvalue weighted by Gasteiger charge is 2.50. The van der Waals surface area contributed by atoms with Gasteiger partial charge in [0.25, 0.3) is 5.79 Å². The molecule has 2 heterocycles. The largest absolute Gasteiger partial charge is 0.432 e. The molecule has 2 saturated heterocycles. The van der Waals surface area contributed by atoms with E-state index in [1.807, 2.05) is 0 Å². The number of aliphatic hydroxyl groups excluding tert-OH is 1. The zero-order chi connectivity index (χ0) is 19.8. The Hall–Kier alpha value is -1.93. The van der Waals surface area contributed by atoms with Gasteiger partial charge in [0, 0.05) is 25.7 Å². The lowest BCUT2D eigenvalue weighted by molar-refractivity contribution is -0.332. The fourth-order valence-corrected chi connectivity index (χ4v) is 4.46. The van der Waals surface area contributed by atoms with Gasteiger partial charge in [0.1, 0.15) is 5.92 Å². The normalized spacial score (nSPS) is 33.0. The maximum Gasteiger partial charge on any atom is 0.327 e. The van der Waals surface area contributed by atoms with Crippen molar-refractivity contribution in [1.29, 1.82) is 0 Å². The van der Waals surface area contributed by atoms with Crippen molar-refractivity contribution < 1.29 is 38.4 Å². The SMILES string of the molecule is O=C1OC2(CCCCC2)OC(=O)C1C=CC1C(=O)OC2(CCCCC2)OC1O. The van der Waals surface area contributed by atoms with Gasteiger partial charge in [-0.2, -0.15) is 0 Å². The van der Waals surface area contributed by atoms with Crippen LogP contribution in [0.1, 0.15) is 64.2 Å². The summed E-state index contributed by atoms with van der Waals surface area (Å²) in [5.41, 5.74) is 0. The van der Waals surface area contributed by atoms with Gasteiger partial charge in [-0.3, -0.25) is 14.4 Å². The van der Waals surface area contributed by atoms with Crippen LogP contribution in [-0.4, -0.2) is 40.9 Å². The van der Waals surface area contributed by atoms with Crippen molar-refractivity contribution in [3.8, 4) is 0 Å². The number of esters is 3. The topological polar surface area (TPSA) is 108 Å². The Kier molecular flexibility index (Phi) is 5.18. The predicted octanol–water partition coefficient (Wildman–Crippen LogP) is 2.09. The number of aliphatic hydroxyl groups is 1. The van der Waals surface area contributed by atoms with Crippen LogP contribution in [0, 0.1) is 11.8 Å². The lowest BCUT2D eigenvalue weighted by atomic mass is 9.91. The monoisotopic (exact) mass is 394 g/mol. The van der Waals surface area contributed by atoms with Crippen molar-refractivity contribution in [3.05, 3.63) is 12.2 Å². The second kappa shape index (κ2) is 7.48. The van der Waals surface area contributed by atoms with Gasteiger partial charge in [-0.25, -0.2) is 0 Å². The summed E-state index contributed by atoms with van der Waals surface area (Å²) < 4.78 is 22.0. The molecule has 2 aliphatic heterocycles. The van der Waals surface area contributed by atoms with Crippen LogP contribution >= 0.6 is 0 Å². The Morgan fingerprint density at radius 2 is 1.21 bits per heavy atom. The summed E-state index contributed by atoms with van der Waals surface area (Å²) in [6, 6.07) is 0. The van der Waals surface area contributed by atoms with E-state index in [1.54, 1.807) is 0 Å². The Labute approximate surface area is 163 Å². The molecule has 0 bridgehead atoms. The zero-order valence-electron chi connectivity index (χ0n) is 15.8. The Morgan fingerprint density at radius 3 is 1.75 bits per heavy atom. The molecule has 4 fully saturated rings. The molecular weight excluding hydrogens is 368 g/mol. The second-order valence-corrected chi connectivity index (χ2v) is 8.10. The van der Waals surface area contributed by atoms with Crippen LogP contribution in [0.5, 0.6) is 0 Å². The van der Waals surface area contributed by atoms with E-state index in [9.17, 15) is 19.5 Å². The maximum absolute atomic E-state index is 12.4. The summed E-state index contributed by atoms with van der Waals surface area (Å²) in [5, 5.41) is 10.3. The van der Waals surface area contributed by atoms with Gasteiger partial charge in [0.2, 0.25) is 5.79 Å². The molecule has 8 heteroatoms. The summed E-state index contributed by atoms with van der Waals surface area (Å²) >= 11 is 0. The molecule has 0 aromatic rings. The van der Waals surface area contributed by atoms with E-state index in [-0.39, 0.29) is 0 Å². The summed E-state index contributed by atoms with van der Waals surface area (Å²) in [6.07, 6.45) is 8.67. The lowest BCUT2D eigenvalue weighted by Crippen LogP contribution is -2.52. The van der Waals surface area contributed by atoms with E-state index in [0.717, 1.165) is 38.5 Å². The van der Waals surface area contributed by atoms with Crippen molar-refractivity contribution >= 4 is 17.9 Å². The summed E-state index contributed by atoms with van der Waals surface area (Å²) in [6.45, 7) is 0. The Bertz CT molecular complexity index is 652. The van der Waals surface area contributed by atoms with Crippen molar-refractivity contribution in [3.63, 3.8) is 0 Å².